The smallest absolute Gasteiger partial charge is 0.232 e. The van der Waals surface area contributed by atoms with Crippen LogP contribution in [0.3, 0.4) is 0 Å². The molecule has 0 bridgehead atoms. The second-order valence-electron chi connectivity index (χ2n) is 6.12. The molecule has 0 saturated heterocycles. The highest BCUT2D eigenvalue weighted by molar-refractivity contribution is 6.10. The van der Waals surface area contributed by atoms with Crippen molar-refractivity contribution in [3.05, 3.63) is 58.4 Å². The van der Waals surface area contributed by atoms with Crippen LogP contribution >= 0.6 is 0 Å². The summed E-state index contributed by atoms with van der Waals surface area (Å²) in [4.78, 5) is 17.0. The molecule has 1 aromatic carbocycles. The van der Waals surface area contributed by atoms with E-state index in [1.54, 1.807) is 0 Å². The maximum atomic E-state index is 12.8. The number of aromatic nitrogens is 2. The first-order valence-corrected chi connectivity index (χ1v) is 8.02. The summed E-state index contributed by atoms with van der Waals surface area (Å²) in [6.07, 6.45) is 0. The Morgan fingerprint density at radius 1 is 1.28 bits per heavy atom. The topological polar surface area (TPSA) is 67.9 Å². The molecule has 3 aromatic rings. The van der Waals surface area contributed by atoms with Gasteiger partial charge in [-0.05, 0) is 38.5 Å². The van der Waals surface area contributed by atoms with Gasteiger partial charge in [0.2, 0.25) is 11.7 Å². The molecule has 3 rings (SSSR count). The number of carbonyl (C=O) groups is 1. The normalized spacial score (nSPS) is 10.7. The van der Waals surface area contributed by atoms with Gasteiger partial charge in [0.05, 0.1) is 0 Å². The Bertz CT molecular complexity index is 1030. The summed E-state index contributed by atoms with van der Waals surface area (Å²) >= 11 is 0. The lowest BCUT2D eigenvalue weighted by atomic mass is 10.1. The molecule has 0 saturated carbocycles. The number of carbonyl (C=O) groups excluding carboxylic acids is 1. The van der Waals surface area contributed by atoms with Crippen molar-refractivity contribution >= 4 is 16.7 Å². The minimum Gasteiger partial charge on any atom is -0.468 e. The third-order valence-corrected chi connectivity index (χ3v) is 4.44. The fraction of sp³-hybridized carbons (Fsp3) is 0.250. The zero-order chi connectivity index (χ0) is 18.1. The zero-order valence-corrected chi connectivity index (χ0v) is 14.8. The minimum atomic E-state index is -0.153. The highest BCUT2D eigenvalue weighted by atomic mass is 16.5. The quantitative estimate of drug-likeness (QED) is 0.684. The number of fused-ring (bicyclic) bond motifs is 1. The van der Waals surface area contributed by atoms with Gasteiger partial charge in [0.15, 0.2) is 6.61 Å². The van der Waals surface area contributed by atoms with Crippen LogP contribution in [0.4, 0.5) is 0 Å². The van der Waals surface area contributed by atoms with Gasteiger partial charge in [0.25, 0.3) is 0 Å². The third kappa shape index (κ3) is 2.87. The number of benzene rings is 1. The molecule has 0 unspecified atom stereocenters. The number of pyridine rings is 1. The van der Waals surface area contributed by atoms with Crippen LogP contribution in [-0.2, 0) is 7.05 Å². The molecule has 0 fully saturated rings. The van der Waals surface area contributed by atoms with Gasteiger partial charge < -0.3 is 9.30 Å². The van der Waals surface area contributed by atoms with E-state index in [1.807, 2.05) is 62.7 Å². The van der Waals surface area contributed by atoms with Crippen molar-refractivity contribution in [3.63, 3.8) is 0 Å². The van der Waals surface area contributed by atoms with Crippen LogP contribution in [-0.4, -0.2) is 21.9 Å². The van der Waals surface area contributed by atoms with Crippen LogP contribution in [0.15, 0.2) is 30.3 Å². The van der Waals surface area contributed by atoms with E-state index in [0.717, 1.165) is 27.9 Å². The SMILES string of the molecule is Cc1cc(C)c(C#N)c(OCC(=O)c2c(C)n(C)c3ccccc23)n1. The number of ether oxygens (including phenoxy) is 1. The van der Waals surface area contributed by atoms with E-state index in [9.17, 15) is 10.1 Å². The summed E-state index contributed by atoms with van der Waals surface area (Å²) in [5.41, 5.74) is 4.46. The molecule has 5 heteroatoms. The number of para-hydroxylation sites is 1. The van der Waals surface area contributed by atoms with E-state index in [2.05, 4.69) is 11.1 Å². The molecule has 0 spiro atoms. The molecule has 2 aromatic heterocycles. The predicted molar refractivity (Wildman–Crippen MR) is 95.9 cm³/mol. The Labute approximate surface area is 146 Å². The molecule has 0 N–H and O–H groups in total. The minimum absolute atomic E-state index is 0.126. The second-order valence-corrected chi connectivity index (χ2v) is 6.12. The highest BCUT2D eigenvalue weighted by Crippen LogP contribution is 2.26. The van der Waals surface area contributed by atoms with E-state index < -0.39 is 0 Å². The van der Waals surface area contributed by atoms with Crippen molar-refractivity contribution in [3.8, 4) is 11.9 Å². The molecule has 0 aliphatic rings. The van der Waals surface area contributed by atoms with Gasteiger partial charge in [0.1, 0.15) is 11.6 Å². The Hall–Kier alpha value is -3.13. The largest absolute Gasteiger partial charge is 0.468 e. The van der Waals surface area contributed by atoms with Crippen LogP contribution in [0, 0.1) is 32.1 Å². The lowest BCUT2D eigenvalue weighted by molar-refractivity contribution is 0.0918. The zero-order valence-electron chi connectivity index (χ0n) is 14.8. The summed E-state index contributed by atoms with van der Waals surface area (Å²) < 4.78 is 7.63. The molecule has 0 amide bonds. The third-order valence-electron chi connectivity index (χ3n) is 4.44. The van der Waals surface area contributed by atoms with Crippen molar-refractivity contribution in [2.75, 3.05) is 6.61 Å². The molecular weight excluding hydrogens is 314 g/mol. The average molecular weight is 333 g/mol. The summed E-state index contributed by atoms with van der Waals surface area (Å²) in [5.74, 6) is 0.0883. The van der Waals surface area contributed by atoms with Gasteiger partial charge in [-0.1, -0.05) is 18.2 Å². The van der Waals surface area contributed by atoms with Crippen LogP contribution in [0.1, 0.15) is 32.9 Å². The van der Waals surface area contributed by atoms with Crippen LogP contribution < -0.4 is 4.74 Å². The van der Waals surface area contributed by atoms with Gasteiger partial charge >= 0.3 is 0 Å². The maximum Gasteiger partial charge on any atom is 0.232 e. The predicted octanol–water partition coefficient (Wildman–Crippen LogP) is 3.63. The number of nitriles is 1. The highest BCUT2D eigenvalue weighted by Gasteiger charge is 2.19. The number of nitrogens with zero attached hydrogens (tertiary/aromatic N) is 3. The van der Waals surface area contributed by atoms with Crippen molar-refractivity contribution < 1.29 is 9.53 Å². The first-order chi connectivity index (χ1) is 11.9. The monoisotopic (exact) mass is 333 g/mol. The van der Waals surface area contributed by atoms with Crippen molar-refractivity contribution in [1.82, 2.24) is 9.55 Å². The maximum absolute atomic E-state index is 12.8. The van der Waals surface area contributed by atoms with E-state index >= 15 is 0 Å². The Morgan fingerprint density at radius 3 is 2.72 bits per heavy atom. The first kappa shape index (κ1) is 16.7. The molecule has 5 nitrogen and oxygen atoms in total. The van der Waals surface area contributed by atoms with Gasteiger partial charge in [-0.3, -0.25) is 4.79 Å². The number of hydrogen-bond donors (Lipinski definition) is 0. The number of aryl methyl sites for hydroxylation is 3. The number of ketones is 1. The van der Waals surface area contributed by atoms with Crippen molar-refractivity contribution in [2.24, 2.45) is 7.05 Å². The second kappa shape index (κ2) is 6.40. The van der Waals surface area contributed by atoms with Crippen molar-refractivity contribution in [1.29, 1.82) is 5.26 Å². The molecular formula is C20H19N3O2. The standard InChI is InChI=1S/C20H19N3O2/c1-12-9-13(2)22-20(16(12)10-21)25-11-18(24)19-14(3)23(4)17-8-6-5-7-15(17)19/h5-9H,11H2,1-4H3. The van der Waals surface area contributed by atoms with Crippen LogP contribution in [0.5, 0.6) is 5.88 Å². The van der Waals surface area contributed by atoms with E-state index in [0.29, 0.717) is 11.1 Å². The Morgan fingerprint density at radius 2 is 2.00 bits per heavy atom. The summed E-state index contributed by atoms with van der Waals surface area (Å²) in [7, 11) is 1.94. The average Bonchev–Trinajstić information content (AvgIpc) is 2.84. The molecule has 25 heavy (non-hydrogen) atoms. The molecule has 2 heterocycles. The van der Waals surface area contributed by atoms with E-state index in [-0.39, 0.29) is 18.3 Å². The molecule has 0 atom stereocenters. The number of hydrogen-bond acceptors (Lipinski definition) is 4. The van der Waals surface area contributed by atoms with Crippen LogP contribution in [0.25, 0.3) is 10.9 Å². The fourth-order valence-electron chi connectivity index (χ4n) is 3.12. The molecule has 0 radical (unpaired) electrons. The number of rotatable bonds is 4. The van der Waals surface area contributed by atoms with Gasteiger partial charge in [-0.2, -0.15) is 5.26 Å². The van der Waals surface area contributed by atoms with Gasteiger partial charge in [-0.15, -0.1) is 0 Å². The molecule has 0 aliphatic heterocycles. The summed E-state index contributed by atoms with van der Waals surface area (Å²) in [6.45, 7) is 5.43. The molecule has 0 aliphatic carbocycles. The van der Waals surface area contributed by atoms with E-state index in [4.69, 9.17) is 4.74 Å². The summed E-state index contributed by atoms with van der Waals surface area (Å²) in [6, 6.07) is 11.7. The van der Waals surface area contributed by atoms with Crippen molar-refractivity contribution in [2.45, 2.75) is 20.8 Å². The lowest BCUT2D eigenvalue weighted by Crippen LogP contribution is -2.14. The number of Topliss-reactive ketones (excluding diaryl/α,β-unsaturated/α-hetero) is 1. The van der Waals surface area contributed by atoms with E-state index in [1.165, 1.54) is 0 Å². The fourth-order valence-corrected chi connectivity index (χ4v) is 3.12. The Kier molecular flexibility index (Phi) is 4.28. The molecule has 126 valence electrons. The van der Waals surface area contributed by atoms with Crippen LogP contribution in [0.2, 0.25) is 0 Å². The first-order valence-electron chi connectivity index (χ1n) is 8.02. The lowest BCUT2D eigenvalue weighted by Gasteiger charge is -2.09. The summed E-state index contributed by atoms with van der Waals surface area (Å²) in [5, 5.41) is 10.2. The Balaban J connectivity index is 1.93. The van der Waals surface area contributed by atoms with Gasteiger partial charge in [0, 0.05) is 34.9 Å². The van der Waals surface area contributed by atoms with Gasteiger partial charge in [-0.25, -0.2) is 4.98 Å².